The molecule has 0 aliphatic heterocycles. The normalized spacial score (nSPS) is 19.1. The number of rotatable bonds is 7. The van der Waals surface area contributed by atoms with Crippen LogP contribution < -0.4 is 26.6 Å². The van der Waals surface area contributed by atoms with E-state index in [4.69, 9.17) is 16.2 Å². The summed E-state index contributed by atoms with van der Waals surface area (Å²) in [5.74, 6) is -0.0268. The molecular weight excluding hydrogens is 373 g/mol. The lowest BCUT2D eigenvalue weighted by atomic mass is 9.91. The van der Waals surface area contributed by atoms with Gasteiger partial charge in [0.05, 0.1) is 34.9 Å². The van der Waals surface area contributed by atoms with Gasteiger partial charge in [0, 0.05) is 18.3 Å². The molecule has 7 nitrogen and oxygen atoms in total. The number of amides is 1. The summed E-state index contributed by atoms with van der Waals surface area (Å²) in [6.45, 7) is 3.87. The third-order valence-corrected chi connectivity index (χ3v) is 4.95. The van der Waals surface area contributed by atoms with E-state index in [1.165, 1.54) is 18.5 Å². The van der Waals surface area contributed by atoms with Gasteiger partial charge in [-0.2, -0.15) is 5.12 Å². The Hall–Kier alpha value is -2.87. The molecule has 1 aliphatic rings. The highest BCUT2D eigenvalue weighted by molar-refractivity contribution is 5.93. The van der Waals surface area contributed by atoms with Crippen molar-refractivity contribution in [2.45, 2.75) is 57.7 Å². The fourth-order valence-electron chi connectivity index (χ4n) is 3.47. The first-order valence-electron chi connectivity index (χ1n) is 9.88. The predicted octanol–water partition coefficient (Wildman–Crippen LogP) is 3.67. The van der Waals surface area contributed by atoms with Gasteiger partial charge in [0.2, 0.25) is 5.91 Å². The Morgan fingerprint density at radius 1 is 1.24 bits per heavy atom. The number of aromatic nitrogens is 1. The highest BCUT2D eigenvalue weighted by Gasteiger charge is 2.23. The van der Waals surface area contributed by atoms with Crippen LogP contribution in [0, 0.1) is 0 Å². The lowest BCUT2D eigenvalue weighted by molar-refractivity contribution is 0.1000. The molecule has 0 radical (unpaired) electrons. The van der Waals surface area contributed by atoms with Gasteiger partial charge in [-0.3, -0.25) is 9.78 Å². The van der Waals surface area contributed by atoms with Crippen molar-refractivity contribution in [1.29, 1.82) is 0 Å². The zero-order valence-corrected chi connectivity index (χ0v) is 16.8. The quantitative estimate of drug-likeness (QED) is 0.611. The van der Waals surface area contributed by atoms with Crippen LogP contribution in [0.5, 0.6) is 5.75 Å². The molecule has 2 aromatic rings. The number of nitrogens with zero attached hydrogens (tertiary/aromatic N) is 2. The molecule has 1 fully saturated rings. The standard InChI is InChI=1S/C21H28FN5O2/c1-13(2)29-20-8-7-15(10-19(20)26-18-6-4-3-5-17(18)23)27(22)16-9-14(21(24)28)11-25-12-16/h7-13,17-18,26H,3-6,23H2,1-2H3,(H2,24,28)/t17-,18+/m0/s1. The van der Waals surface area contributed by atoms with Crippen LogP contribution in [0.4, 0.5) is 21.5 Å². The Balaban J connectivity index is 1.91. The third-order valence-electron chi connectivity index (χ3n) is 4.95. The first-order chi connectivity index (χ1) is 13.8. The number of primary amides is 1. The highest BCUT2D eigenvalue weighted by atomic mass is 19.2. The van der Waals surface area contributed by atoms with Gasteiger partial charge >= 0.3 is 0 Å². The summed E-state index contributed by atoms with van der Waals surface area (Å²) in [6, 6.07) is 6.51. The Kier molecular flexibility index (Phi) is 6.53. The topological polar surface area (TPSA) is 106 Å². The minimum atomic E-state index is -0.665. The van der Waals surface area contributed by atoms with E-state index < -0.39 is 5.91 Å². The van der Waals surface area contributed by atoms with E-state index in [0.717, 1.165) is 25.7 Å². The Bertz CT molecular complexity index is 861. The molecule has 2 atom stereocenters. The molecule has 0 spiro atoms. The number of nitrogens with two attached hydrogens (primary N) is 2. The van der Waals surface area contributed by atoms with E-state index in [1.54, 1.807) is 18.2 Å². The second-order valence-corrected chi connectivity index (χ2v) is 7.62. The molecule has 0 unspecified atom stereocenters. The fourth-order valence-corrected chi connectivity index (χ4v) is 3.47. The van der Waals surface area contributed by atoms with E-state index in [2.05, 4.69) is 10.3 Å². The van der Waals surface area contributed by atoms with E-state index in [1.807, 2.05) is 13.8 Å². The second-order valence-electron chi connectivity index (χ2n) is 7.62. The molecule has 1 aromatic heterocycles. The molecule has 29 heavy (non-hydrogen) atoms. The number of benzene rings is 1. The van der Waals surface area contributed by atoms with Crippen molar-refractivity contribution in [2.24, 2.45) is 11.5 Å². The van der Waals surface area contributed by atoms with Crippen molar-refractivity contribution in [3.05, 3.63) is 42.2 Å². The van der Waals surface area contributed by atoms with Crippen LogP contribution in [-0.4, -0.2) is 29.1 Å². The summed E-state index contributed by atoms with van der Waals surface area (Å²) in [5.41, 5.74) is 12.7. The number of ether oxygens (including phenoxy) is 1. The molecule has 3 rings (SSSR count). The zero-order valence-electron chi connectivity index (χ0n) is 16.8. The average molecular weight is 401 g/mol. The van der Waals surface area contributed by atoms with Crippen molar-refractivity contribution in [3.8, 4) is 5.75 Å². The van der Waals surface area contributed by atoms with Gasteiger partial charge < -0.3 is 21.5 Å². The van der Waals surface area contributed by atoms with Crippen molar-refractivity contribution in [2.75, 3.05) is 10.4 Å². The smallest absolute Gasteiger partial charge is 0.250 e. The Labute approximate surface area is 170 Å². The maximum absolute atomic E-state index is 15.1. The van der Waals surface area contributed by atoms with Crippen LogP contribution >= 0.6 is 0 Å². The summed E-state index contributed by atoms with van der Waals surface area (Å²) >= 11 is 0. The monoisotopic (exact) mass is 401 g/mol. The molecule has 0 bridgehead atoms. The zero-order chi connectivity index (χ0) is 21.0. The van der Waals surface area contributed by atoms with Gasteiger partial charge in [-0.15, -0.1) is 0 Å². The number of anilines is 3. The fraction of sp³-hybridized carbons (Fsp3) is 0.429. The van der Waals surface area contributed by atoms with Gasteiger partial charge in [-0.05, 0) is 51.0 Å². The molecule has 1 aromatic carbocycles. The van der Waals surface area contributed by atoms with E-state index in [9.17, 15) is 4.79 Å². The summed E-state index contributed by atoms with van der Waals surface area (Å²) in [5, 5.41) is 3.91. The summed E-state index contributed by atoms with van der Waals surface area (Å²) in [6.07, 6.45) is 6.74. The summed E-state index contributed by atoms with van der Waals surface area (Å²) in [7, 11) is 0. The summed E-state index contributed by atoms with van der Waals surface area (Å²) in [4.78, 5) is 15.3. The largest absolute Gasteiger partial charge is 0.489 e. The van der Waals surface area contributed by atoms with Crippen LogP contribution in [0.15, 0.2) is 36.7 Å². The molecule has 1 aliphatic carbocycles. The van der Waals surface area contributed by atoms with Gasteiger partial charge in [0.15, 0.2) is 0 Å². The number of hydrogen-bond donors (Lipinski definition) is 3. The molecule has 1 saturated carbocycles. The third kappa shape index (κ3) is 5.14. The first-order valence-corrected chi connectivity index (χ1v) is 9.88. The molecule has 8 heteroatoms. The van der Waals surface area contributed by atoms with Crippen molar-refractivity contribution in [3.63, 3.8) is 0 Å². The molecule has 5 N–H and O–H groups in total. The molecular formula is C21H28FN5O2. The maximum atomic E-state index is 15.1. The first kappa shape index (κ1) is 20.9. The van der Waals surface area contributed by atoms with Crippen molar-refractivity contribution in [1.82, 2.24) is 4.98 Å². The van der Waals surface area contributed by atoms with Gasteiger partial charge in [0.1, 0.15) is 5.75 Å². The Morgan fingerprint density at radius 2 is 2.00 bits per heavy atom. The summed E-state index contributed by atoms with van der Waals surface area (Å²) < 4.78 is 21.0. The predicted molar refractivity (Wildman–Crippen MR) is 112 cm³/mol. The lowest BCUT2D eigenvalue weighted by Gasteiger charge is -2.31. The van der Waals surface area contributed by atoms with E-state index >= 15 is 4.48 Å². The Morgan fingerprint density at radius 3 is 2.69 bits per heavy atom. The van der Waals surface area contributed by atoms with Gasteiger partial charge in [-0.25, -0.2) is 0 Å². The minimum Gasteiger partial charge on any atom is -0.489 e. The van der Waals surface area contributed by atoms with Crippen molar-refractivity contribution >= 4 is 23.0 Å². The molecule has 156 valence electrons. The van der Waals surface area contributed by atoms with Crippen LogP contribution in [0.2, 0.25) is 0 Å². The number of hydrogen-bond acceptors (Lipinski definition) is 6. The highest BCUT2D eigenvalue weighted by Crippen LogP contribution is 2.35. The SMILES string of the molecule is CC(C)Oc1ccc(N(F)c2cncc(C(N)=O)c2)cc1N[C@@H]1CCCC[C@@H]1N. The van der Waals surface area contributed by atoms with Crippen LogP contribution in [0.1, 0.15) is 49.9 Å². The lowest BCUT2D eigenvalue weighted by Crippen LogP contribution is -2.42. The minimum absolute atomic E-state index is 0.0284. The van der Waals surface area contributed by atoms with Crippen LogP contribution in [0.25, 0.3) is 0 Å². The van der Waals surface area contributed by atoms with Gasteiger partial charge in [0.25, 0.3) is 0 Å². The average Bonchev–Trinajstić information content (AvgIpc) is 2.70. The number of carbonyl (C=O) groups excluding carboxylic acids is 1. The molecule has 1 amide bonds. The van der Waals surface area contributed by atoms with Gasteiger partial charge in [-0.1, -0.05) is 17.3 Å². The second kappa shape index (κ2) is 9.09. The van der Waals surface area contributed by atoms with E-state index in [0.29, 0.717) is 16.6 Å². The number of halogens is 1. The number of nitrogens with one attached hydrogen (secondary N) is 1. The van der Waals surface area contributed by atoms with Crippen LogP contribution in [0.3, 0.4) is 0 Å². The number of pyridine rings is 1. The van der Waals surface area contributed by atoms with E-state index in [-0.39, 0.29) is 35.1 Å². The molecule has 0 saturated heterocycles. The molecule has 1 heterocycles. The van der Waals surface area contributed by atoms with Crippen molar-refractivity contribution < 1.29 is 14.0 Å². The number of carbonyl (C=O) groups is 1. The maximum Gasteiger partial charge on any atom is 0.250 e. The van der Waals surface area contributed by atoms with Crippen LogP contribution in [-0.2, 0) is 0 Å².